The van der Waals surface area contributed by atoms with Crippen LogP contribution in [-0.2, 0) is 4.79 Å². The van der Waals surface area contributed by atoms with E-state index in [9.17, 15) is 4.79 Å². The summed E-state index contributed by atoms with van der Waals surface area (Å²) < 4.78 is 1.82. The SMILES string of the molecule is Cc1ccncc1NC(=O)C=Cc1cn(-c2ccccc2)nc1-c1ccccc1. The van der Waals surface area contributed by atoms with Gasteiger partial charge in [0.05, 0.1) is 23.3 Å². The number of para-hydroxylation sites is 1. The lowest BCUT2D eigenvalue weighted by Crippen LogP contribution is -2.09. The molecule has 0 aliphatic rings. The Morgan fingerprint density at radius 3 is 2.45 bits per heavy atom. The Bertz CT molecular complexity index is 1150. The van der Waals surface area contributed by atoms with Crippen molar-refractivity contribution in [2.24, 2.45) is 0 Å². The van der Waals surface area contributed by atoms with Crippen LogP contribution in [-0.4, -0.2) is 20.7 Å². The van der Waals surface area contributed by atoms with Crippen LogP contribution in [0.4, 0.5) is 5.69 Å². The fourth-order valence-electron chi connectivity index (χ4n) is 2.98. The molecule has 2 heterocycles. The lowest BCUT2D eigenvalue weighted by atomic mass is 10.1. The van der Waals surface area contributed by atoms with Crippen molar-refractivity contribution in [2.45, 2.75) is 6.92 Å². The summed E-state index contributed by atoms with van der Waals surface area (Å²) in [7, 11) is 0. The van der Waals surface area contributed by atoms with E-state index in [-0.39, 0.29) is 5.91 Å². The summed E-state index contributed by atoms with van der Waals surface area (Å²) in [5.41, 5.74) is 5.29. The molecule has 0 aliphatic heterocycles. The van der Waals surface area contributed by atoms with E-state index in [2.05, 4.69) is 10.3 Å². The van der Waals surface area contributed by atoms with Gasteiger partial charge in [0, 0.05) is 29.6 Å². The molecule has 0 aliphatic carbocycles. The summed E-state index contributed by atoms with van der Waals surface area (Å²) in [6, 6.07) is 21.7. The zero-order chi connectivity index (χ0) is 20.1. The number of hydrogen-bond donors (Lipinski definition) is 1. The molecule has 5 nitrogen and oxygen atoms in total. The van der Waals surface area contributed by atoms with Crippen molar-refractivity contribution in [2.75, 3.05) is 5.32 Å². The zero-order valence-electron chi connectivity index (χ0n) is 16.0. The molecule has 0 atom stereocenters. The lowest BCUT2D eigenvalue weighted by Gasteiger charge is -2.04. The van der Waals surface area contributed by atoms with Gasteiger partial charge in [-0.05, 0) is 36.8 Å². The molecule has 29 heavy (non-hydrogen) atoms. The molecule has 2 aromatic carbocycles. The summed E-state index contributed by atoms with van der Waals surface area (Å²) in [5.74, 6) is -0.215. The highest BCUT2D eigenvalue weighted by Crippen LogP contribution is 2.24. The molecule has 0 fully saturated rings. The van der Waals surface area contributed by atoms with Crippen LogP contribution in [0.15, 0.2) is 91.4 Å². The fraction of sp³-hybridized carbons (Fsp3) is 0.0417. The number of carbonyl (C=O) groups excluding carboxylic acids is 1. The Morgan fingerprint density at radius 2 is 1.72 bits per heavy atom. The van der Waals surface area contributed by atoms with Crippen LogP contribution in [0, 0.1) is 6.92 Å². The van der Waals surface area contributed by atoms with Gasteiger partial charge in [0.1, 0.15) is 0 Å². The van der Waals surface area contributed by atoms with Gasteiger partial charge in [-0.2, -0.15) is 5.10 Å². The van der Waals surface area contributed by atoms with Crippen molar-refractivity contribution in [1.82, 2.24) is 14.8 Å². The second-order valence-electron chi connectivity index (χ2n) is 6.59. The topological polar surface area (TPSA) is 59.8 Å². The highest BCUT2D eigenvalue weighted by atomic mass is 16.1. The van der Waals surface area contributed by atoms with Crippen LogP contribution >= 0.6 is 0 Å². The lowest BCUT2D eigenvalue weighted by molar-refractivity contribution is -0.111. The molecule has 0 saturated carbocycles. The molecule has 1 N–H and O–H groups in total. The summed E-state index contributed by atoms with van der Waals surface area (Å²) in [5, 5.41) is 7.61. The number of aromatic nitrogens is 3. The largest absolute Gasteiger partial charge is 0.321 e. The molecule has 1 amide bonds. The maximum Gasteiger partial charge on any atom is 0.248 e. The molecule has 4 aromatic rings. The van der Waals surface area contributed by atoms with Crippen molar-refractivity contribution >= 4 is 17.7 Å². The van der Waals surface area contributed by atoms with E-state index < -0.39 is 0 Å². The van der Waals surface area contributed by atoms with Gasteiger partial charge < -0.3 is 5.32 Å². The number of benzene rings is 2. The molecular weight excluding hydrogens is 360 g/mol. The predicted octanol–water partition coefficient (Wildman–Crippen LogP) is 4.89. The number of hydrogen-bond acceptors (Lipinski definition) is 3. The maximum atomic E-state index is 12.4. The second-order valence-corrected chi connectivity index (χ2v) is 6.59. The van der Waals surface area contributed by atoms with E-state index in [4.69, 9.17) is 5.10 Å². The van der Waals surface area contributed by atoms with Crippen molar-refractivity contribution in [1.29, 1.82) is 0 Å². The second kappa shape index (κ2) is 8.35. The van der Waals surface area contributed by atoms with Crippen molar-refractivity contribution in [3.63, 3.8) is 0 Å². The molecule has 0 bridgehead atoms. The van der Waals surface area contributed by atoms with Gasteiger partial charge >= 0.3 is 0 Å². The van der Waals surface area contributed by atoms with E-state index in [0.717, 1.165) is 28.1 Å². The van der Waals surface area contributed by atoms with E-state index >= 15 is 0 Å². The Labute approximate surface area is 169 Å². The maximum absolute atomic E-state index is 12.4. The minimum absolute atomic E-state index is 0.215. The van der Waals surface area contributed by atoms with Crippen molar-refractivity contribution in [3.05, 3.63) is 103 Å². The molecule has 5 heteroatoms. The number of pyridine rings is 1. The summed E-state index contributed by atoms with van der Waals surface area (Å²) in [6.45, 7) is 1.93. The molecule has 2 aromatic heterocycles. The highest BCUT2D eigenvalue weighted by Gasteiger charge is 2.11. The van der Waals surface area contributed by atoms with E-state index in [0.29, 0.717) is 5.69 Å². The first-order valence-corrected chi connectivity index (χ1v) is 9.31. The number of aryl methyl sites for hydroxylation is 1. The third-order valence-electron chi connectivity index (χ3n) is 4.52. The molecule has 142 valence electrons. The minimum Gasteiger partial charge on any atom is -0.321 e. The number of nitrogens with one attached hydrogen (secondary N) is 1. The first-order valence-electron chi connectivity index (χ1n) is 9.31. The van der Waals surface area contributed by atoms with Crippen LogP contribution in [0.25, 0.3) is 23.0 Å². The molecular formula is C24H20N4O. The van der Waals surface area contributed by atoms with Crippen molar-refractivity contribution in [3.8, 4) is 16.9 Å². The normalized spacial score (nSPS) is 10.9. The molecule has 4 rings (SSSR count). The van der Waals surface area contributed by atoms with Crippen LogP contribution in [0.3, 0.4) is 0 Å². The minimum atomic E-state index is -0.215. The van der Waals surface area contributed by atoms with Gasteiger partial charge in [0.25, 0.3) is 0 Å². The number of anilines is 1. The average Bonchev–Trinajstić information content (AvgIpc) is 3.20. The predicted molar refractivity (Wildman–Crippen MR) is 116 cm³/mol. The Balaban J connectivity index is 1.65. The smallest absolute Gasteiger partial charge is 0.248 e. The number of rotatable bonds is 5. The van der Waals surface area contributed by atoms with Crippen LogP contribution in [0.1, 0.15) is 11.1 Å². The number of carbonyl (C=O) groups is 1. The third-order valence-corrected chi connectivity index (χ3v) is 4.52. The first-order chi connectivity index (χ1) is 14.2. The van der Waals surface area contributed by atoms with E-state index in [1.165, 1.54) is 6.08 Å². The van der Waals surface area contributed by atoms with Gasteiger partial charge in [-0.3, -0.25) is 9.78 Å². The van der Waals surface area contributed by atoms with Gasteiger partial charge in [-0.1, -0.05) is 48.5 Å². The fourth-order valence-corrected chi connectivity index (χ4v) is 2.98. The molecule has 0 radical (unpaired) electrons. The number of amides is 1. The standard InChI is InChI=1S/C24H20N4O/c1-18-14-15-25-16-22(18)26-23(29)13-12-20-17-28(21-10-6-3-7-11-21)27-24(20)19-8-4-2-5-9-19/h2-17H,1H3,(H,26,29). The highest BCUT2D eigenvalue weighted by molar-refractivity contribution is 6.02. The average molecular weight is 380 g/mol. The van der Waals surface area contributed by atoms with Crippen LogP contribution in [0.5, 0.6) is 0 Å². The van der Waals surface area contributed by atoms with Gasteiger partial charge in [0.2, 0.25) is 5.91 Å². The molecule has 0 unspecified atom stereocenters. The van der Waals surface area contributed by atoms with E-state index in [1.807, 2.05) is 84.5 Å². The summed E-state index contributed by atoms with van der Waals surface area (Å²) in [6.07, 6.45) is 8.58. The van der Waals surface area contributed by atoms with E-state index in [1.54, 1.807) is 18.5 Å². The van der Waals surface area contributed by atoms with Crippen LogP contribution in [0.2, 0.25) is 0 Å². The monoisotopic (exact) mass is 380 g/mol. The van der Waals surface area contributed by atoms with Gasteiger partial charge in [-0.15, -0.1) is 0 Å². The molecule has 0 spiro atoms. The van der Waals surface area contributed by atoms with Crippen LogP contribution < -0.4 is 5.32 Å². The summed E-state index contributed by atoms with van der Waals surface area (Å²) >= 11 is 0. The third kappa shape index (κ3) is 4.30. The Morgan fingerprint density at radius 1 is 1.00 bits per heavy atom. The Hall–Kier alpha value is -3.99. The zero-order valence-corrected chi connectivity index (χ0v) is 16.0. The van der Waals surface area contributed by atoms with Crippen molar-refractivity contribution < 1.29 is 4.79 Å². The van der Waals surface area contributed by atoms with Gasteiger partial charge in [0.15, 0.2) is 0 Å². The first kappa shape index (κ1) is 18.4. The quantitative estimate of drug-likeness (QED) is 0.501. The molecule has 0 saturated heterocycles. The Kier molecular flexibility index (Phi) is 5.29. The summed E-state index contributed by atoms with van der Waals surface area (Å²) in [4.78, 5) is 16.5. The van der Waals surface area contributed by atoms with Gasteiger partial charge in [-0.25, -0.2) is 4.68 Å². The number of nitrogens with zero attached hydrogens (tertiary/aromatic N) is 3.